The Labute approximate surface area is 276 Å². The van der Waals surface area contributed by atoms with Crippen LogP contribution < -0.4 is 9.47 Å². The number of alkyl halides is 9. The smallest absolute Gasteiger partial charge is 0.416 e. The average molecular weight is 708 g/mol. The van der Waals surface area contributed by atoms with Crippen molar-refractivity contribution in [3.05, 3.63) is 81.9 Å². The predicted molar refractivity (Wildman–Crippen MR) is 160 cm³/mol. The van der Waals surface area contributed by atoms with Crippen LogP contribution in [0.3, 0.4) is 0 Å². The molecule has 0 unspecified atom stereocenters. The first kappa shape index (κ1) is 37.8. The minimum absolute atomic E-state index is 0.0369. The molecule has 49 heavy (non-hydrogen) atoms. The second kappa shape index (κ2) is 14.5. The lowest BCUT2D eigenvalue weighted by Crippen LogP contribution is -2.39. The standard InChI is InChI=1S/C34H34F9NO5/c1-18-11-29(48-3)27(16-28(18)49-10-4-5-30(45)46)26-9-6-22(32(35,36)37)14-21(26)17-44(25-7-8-25)19(2)31(47)20-12-23(33(38,39)40)15-24(13-20)34(41,42)43/h6,9,11-16,19,25,31,47H,4-5,7-8,10,17H2,1-3H3,(H,45,46)/t19-,31-/m0/s1. The lowest BCUT2D eigenvalue weighted by Gasteiger charge is -2.34. The van der Waals surface area contributed by atoms with Crippen LogP contribution in [-0.4, -0.2) is 46.9 Å². The number of aliphatic hydroxyl groups is 1. The highest BCUT2D eigenvalue weighted by molar-refractivity contribution is 5.76. The molecule has 0 spiro atoms. The van der Waals surface area contributed by atoms with Crippen LogP contribution in [-0.2, 0) is 29.9 Å². The molecular weight excluding hydrogens is 673 g/mol. The Hall–Kier alpha value is -3.98. The van der Waals surface area contributed by atoms with Crippen LogP contribution in [0.5, 0.6) is 11.5 Å². The number of carboxylic acid groups (broad SMARTS) is 1. The number of halogens is 9. The van der Waals surface area contributed by atoms with E-state index in [4.69, 9.17) is 14.6 Å². The summed E-state index contributed by atoms with van der Waals surface area (Å²) >= 11 is 0. The van der Waals surface area contributed by atoms with Crippen molar-refractivity contribution in [3.63, 3.8) is 0 Å². The molecule has 2 atom stereocenters. The minimum Gasteiger partial charge on any atom is -0.496 e. The number of rotatable bonds is 13. The van der Waals surface area contributed by atoms with Gasteiger partial charge >= 0.3 is 24.5 Å². The molecule has 2 N–H and O–H groups in total. The fourth-order valence-electron chi connectivity index (χ4n) is 5.58. The third-order valence-electron chi connectivity index (χ3n) is 8.31. The van der Waals surface area contributed by atoms with E-state index in [-0.39, 0.29) is 55.0 Å². The Balaban J connectivity index is 1.78. The molecule has 4 rings (SSSR count). The van der Waals surface area contributed by atoms with E-state index < -0.39 is 58.9 Å². The normalized spacial score (nSPS) is 15.3. The maximum Gasteiger partial charge on any atom is 0.416 e. The Kier molecular flexibility index (Phi) is 11.2. The molecule has 3 aromatic rings. The molecule has 0 aliphatic heterocycles. The average Bonchev–Trinajstić information content (AvgIpc) is 3.85. The van der Waals surface area contributed by atoms with Crippen molar-refractivity contribution in [1.29, 1.82) is 0 Å². The summed E-state index contributed by atoms with van der Waals surface area (Å²) in [5.74, 6) is -0.426. The summed E-state index contributed by atoms with van der Waals surface area (Å²) in [5, 5.41) is 20.1. The topological polar surface area (TPSA) is 79.2 Å². The number of aliphatic hydroxyl groups excluding tert-OH is 1. The maximum absolute atomic E-state index is 14.0. The molecule has 0 radical (unpaired) electrons. The quantitative estimate of drug-likeness (QED) is 0.136. The molecule has 15 heteroatoms. The summed E-state index contributed by atoms with van der Waals surface area (Å²) < 4.78 is 135. The Morgan fingerprint density at radius 3 is 1.96 bits per heavy atom. The van der Waals surface area contributed by atoms with Gasteiger partial charge in [0.15, 0.2) is 0 Å². The maximum atomic E-state index is 14.0. The van der Waals surface area contributed by atoms with E-state index in [0.29, 0.717) is 41.9 Å². The lowest BCUT2D eigenvalue weighted by molar-refractivity contribution is -0.143. The number of carboxylic acids is 1. The molecule has 268 valence electrons. The summed E-state index contributed by atoms with van der Waals surface area (Å²) in [6.07, 6.45) is -15.8. The van der Waals surface area contributed by atoms with Gasteiger partial charge in [-0.2, -0.15) is 39.5 Å². The largest absolute Gasteiger partial charge is 0.496 e. The van der Waals surface area contributed by atoms with Crippen molar-refractivity contribution < 1.29 is 64.0 Å². The van der Waals surface area contributed by atoms with Crippen LogP contribution in [0.2, 0.25) is 0 Å². The van der Waals surface area contributed by atoms with Gasteiger partial charge in [-0.25, -0.2) is 0 Å². The van der Waals surface area contributed by atoms with Crippen molar-refractivity contribution in [2.75, 3.05) is 13.7 Å². The van der Waals surface area contributed by atoms with Gasteiger partial charge in [-0.05, 0) is 97.8 Å². The van der Waals surface area contributed by atoms with E-state index in [1.165, 1.54) is 20.1 Å². The summed E-state index contributed by atoms with van der Waals surface area (Å²) in [6.45, 7) is 2.86. The van der Waals surface area contributed by atoms with Crippen molar-refractivity contribution in [2.45, 2.75) is 82.8 Å². The third kappa shape index (κ3) is 9.38. The number of ether oxygens (including phenoxy) is 2. The molecule has 1 fully saturated rings. The van der Waals surface area contributed by atoms with E-state index in [1.54, 1.807) is 24.0 Å². The van der Waals surface area contributed by atoms with Crippen molar-refractivity contribution in [3.8, 4) is 22.6 Å². The molecule has 6 nitrogen and oxygen atoms in total. The number of benzene rings is 3. The fourth-order valence-corrected chi connectivity index (χ4v) is 5.58. The zero-order valence-corrected chi connectivity index (χ0v) is 26.6. The van der Waals surface area contributed by atoms with Crippen molar-refractivity contribution in [1.82, 2.24) is 4.90 Å². The SMILES string of the molecule is COc1cc(C)c(OCCCC(=O)O)cc1-c1ccc(C(F)(F)F)cc1CN(C1CC1)[C@@H](C)[C@H](O)c1cc(C(F)(F)F)cc(C(F)(F)F)c1. The number of aliphatic carboxylic acids is 1. The van der Waals surface area contributed by atoms with Gasteiger partial charge in [0.25, 0.3) is 0 Å². The van der Waals surface area contributed by atoms with Crippen LogP contribution in [0, 0.1) is 6.92 Å². The van der Waals surface area contributed by atoms with Crippen LogP contribution in [0.15, 0.2) is 48.5 Å². The summed E-state index contributed by atoms with van der Waals surface area (Å²) in [5.41, 5.74) is -3.57. The second-order valence-corrected chi connectivity index (χ2v) is 12.0. The zero-order valence-electron chi connectivity index (χ0n) is 26.6. The fraction of sp³-hybridized carbons (Fsp3) is 0.441. The Bertz CT molecular complexity index is 1620. The van der Waals surface area contributed by atoms with E-state index in [9.17, 15) is 49.4 Å². The Morgan fingerprint density at radius 1 is 0.857 bits per heavy atom. The molecular formula is C34H34F9NO5. The number of hydrogen-bond acceptors (Lipinski definition) is 5. The first-order valence-corrected chi connectivity index (χ1v) is 15.2. The monoisotopic (exact) mass is 707 g/mol. The van der Waals surface area contributed by atoms with Gasteiger partial charge in [0.1, 0.15) is 11.5 Å². The van der Waals surface area contributed by atoms with Gasteiger partial charge in [0, 0.05) is 30.6 Å². The molecule has 1 aliphatic carbocycles. The highest BCUT2D eigenvalue weighted by Crippen LogP contribution is 2.43. The predicted octanol–water partition coefficient (Wildman–Crippen LogP) is 9.06. The summed E-state index contributed by atoms with van der Waals surface area (Å²) in [4.78, 5) is 12.5. The molecule has 0 aromatic heterocycles. The van der Waals surface area contributed by atoms with Crippen molar-refractivity contribution in [2.24, 2.45) is 0 Å². The second-order valence-electron chi connectivity index (χ2n) is 12.0. The Morgan fingerprint density at radius 2 is 1.45 bits per heavy atom. The number of carbonyl (C=O) groups is 1. The first-order chi connectivity index (χ1) is 22.7. The summed E-state index contributed by atoms with van der Waals surface area (Å²) in [7, 11) is 1.36. The van der Waals surface area contributed by atoms with Crippen molar-refractivity contribution >= 4 is 5.97 Å². The van der Waals surface area contributed by atoms with Crippen LogP contribution >= 0.6 is 0 Å². The lowest BCUT2D eigenvalue weighted by atomic mass is 9.93. The van der Waals surface area contributed by atoms with E-state index in [1.807, 2.05) is 0 Å². The van der Waals surface area contributed by atoms with E-state index in [0.717, 1.165) is 12.1 Å². The molecule has 0 heterocycles. The van der Waals surface area contributed by atoms with Gasteiger partial charge < -0.3 is 19.7 Å². The summed E-state index contributed by atoms with van der Waals surface area (Å²) in [6, 6.07) is 5.51. The van der Waals surface area contributed by atoms with Gasteiger partial charge in [0.05, 0.1) is 36.5 Å². The number of methoxy groups -OCH3 is 1. The number of hydrogen-bond donors (Lipinski definition) is 2. The number of aryl methyl sites for hydroxylation is 1. The van der Waals surface area contributed by atoms with Gasteiger partial charge in [-0.1, -0.05) is 6.07 Å². The highest BCUT2D eigenvalue weighted by atomic mass is 19.4. The van der Waals surface area contributed by atoms with E-state index in [2.05, 4.69) is 0 Å². The van der Waals surface area contributed by atoms with E-state index >= 15 is 0 Å². The third-order valence-corrected chi connectivity index (χ3v) is 8.31. The van der Waals surface area contributed by atoms with Crippen LogP contribution in [0.1, 0.15) is 72.1 Å². The van der Waals surface area contributed by atoms with Gasteiger partial charge in [-0.3, -0.25) is 9.69 Å². The molecule has 1 aliphatic rings. The molecule has 0 amide bonds. The zero-order chi connectivity index (χ0) is 36.5. The first-order valence-electron chi connectivity index (χ1n) is 15.2. The number of nitrogens with zero attached hydrogens (tertiary/aromatic N) is 1. The van der Waals surface area contributed by atoms with Gasteiger partial charge in [-0.15, -0.1) is 0 Å². The van der Waals surface area contributed by atoms with Gasteiger partial charge in [0.2, 0.25) is 0 Å². The molecule has 0 saturated heterocycles. The van der Waals surface area contributed by atoms with Crippen LogP contribution in [0.25, 0.3) is 11.1 Å². The molecule has 1 saturated carbocycles. The molecule has 3 aromatic carbocycles. The van der Waals surface area contributed by atoms with Crippen LogP contribution in [0.4, 0.5) is 39.5 Å². The molecule has 0 bridgehead atoms. The minimum atomic E-state index is -5.14. The highest BCUT2D eigenvalue weighted by Gasteiger charge is 2.40.